The van der Waals surface area contributed by atoms with E-state index < -0.39 is 5.97 Å². The van der Waals surface area contributed by atoms with Crippen molar-refractivity contribution in [2.24, 2.45) is 0 Å². The topological polar surface area (TPSA) is 70.3 Å². The Morgan fingerprint density at radius 1 is 0.704 bits per heavy atom. The Bertz CT molecular complexity index is 506. The van der Waals surface area contributed by atoms with E-state index in [4.69, 9.17) is 5.11 Å². The molecule has 5 nitrogen and oxygen atoms in total. The largest absolute Gasteiger partial charge is 0.481 e. The van der Waals surface area contributed by atoms with Gasteiger partial charge < -0.3 is 10.4 Å². The highest BCUT2D eigenvalue weighted by Crippen LogP contribution is 2.09. The van der Waals surface area contributed by atoms with Gasteiger partial charge in [-0.15, -0.1) is 0 Å². The number of amides is 1. The third kappa shape index (κ3) is 14.9. The Morgan fingerprint density at radius 3 is 1.93 bits per heavy atom. The maximum Gasteiger partial charge on any atom is 0.303 e. The normalized spacial score (nSPS) is 10.7. The molecule has 0 aliphatic carbocycles. The number of carboxylic acids is 1. The van der Waals surface area contributed by atoms with E-state index >= 15 is 0 Å². The Hall–Kier alpha value is -1.91. The van der Waals surface area contributed by atoms with Crippen LogP contribution in [0, 0.1) is 0 Å². The number of carboxylic acid groups (broad SMARTS) is 1. The van der Waals surface area contributed by atoms with E-state index in [1.165, 1.54) is 19.3 Å². The zero-order chi connectivity index (χ0) is 19.6. The van der Waals surface area contributed by atoms with Gasteiger partial charge in [0.2, 0.25) is 5.91 Å². The first kappa shape index (κ1) is 23.1. The summed E-state index contributed by atoms with van der Waals surface area (Å²) in [6, 6.07) is 6.10. The number of unbranched alkanes of at least 4 members (excludes halogenated alkanes) is 9. The molecule has 1 amide bonds. The molecule has 0 aliphatic rings. The molecule has 0 radical (unpaired) electrons. The molecular weight excluding hydrogens is 340 g/mol. The summed E-state index contributed by atoms with van der Waals surface area (Å²) < 4.78 is 2.18. The molecule has 1 heterocycles. The first-order chi connectivity index (χ1) is 13.2. The van der Waals surface area contributed by atoms with Crippen molar-refractivity contribution >= 4 is 11.9 Å². The minimum atomic E-state index is -0.691. The highest BCUT2D eigenvalue weighted by molar-refractivity contribution is 5.75. The number of pyridine rings is 1. The van der Waals surface area contributed by atoms with E-state index in [2.05, 4.69) is 22.3 Å². The van der Waals surface area contributed by atoms with Gasteiger partial charge in [0, 0.05) is 37.9 Å². The fourth-order valence-corrected chi connectivity index (χ4v) is 3.12. The van der Waals surface area contributed by atoms with Crippen LogP contribution >= 0.6 is 0 Å². The summed E-state index contributed by atoms with van der Waals surface area (Å²) >= 11 is 0. The molecule has 1 rings (SSSR count). The van der Waals surface area contributed by atoms with Crippen molar-refractivity contribution in [2.45, 2.75) is 90.0 Å². The molecule has 0 fully saturated rings. The van der Waals surface area contributed by atoms with Crippen LogP contribution in [0.2, 0.25) is 0 Å². The van der Waals surface area contributed by atoms with Crippen LogP contribution in [0.5, 0.6) is 0 Å². The standard InChI is InChI=1S/C22H36N2O3/c25-21(15-9-7-12-18-24-19-13-8-14-20-24)23-17-11-6-4-2-1-3-5-10-16-22(26)27/h8,13-14,19-20H,1-7,9-12,15-18H2,(H-,23,25,26,27)/p+1. The van der Waals surface area contributed by atoms with E-state index in [9.17, 15) is 9.59 Å². The maximum atomic E-state index is 11.8. The van der Waals surface area contributed by atoms with Crippen molar-refractivity contribution in [1.82, 2.24) is 5.32 Å². The molecule has 0 unspecified atom stereocenters. The Morgan fingerprint density at radius 2 is 1.26 bits per heavy atom. The van der Waals surface area contributed by atoms with E-state index in [0.717, 1.165) is 64.5 Å². The lowest BCUT2D eigenvalue weighted by atomic mass is 10.1. The van der Waals surface area contributed by atoms with Crippen LogP contribution in [0.15, 0.2) is 30.6 Å². The van der Waals surface area contributed by atoms with Crippen molar-refractivity contribution in [1.29, 1.82) is 0 Å². The fraction of sp³-hybridized carbons (Fsp3) is 0.682. The smallest absolute Gasteiger partial charge is 0.303 e. The van der Waals surface area contributed by atoms with E-state index in [0.29, 0.717) is 12.8 Å². The predicted molar refractivity (Wildman–Crippen MR) is 107 cm³/mol. The first-order valence-corrected chi connectivity index (χ1v) is 10.6. The van der Waals surface area contributed by atoms with Gasteiger partial charge in [0.1, 0.15) is 6.54 Å². The molecule has 0 bridgehead atoms. The quantitative estimate of drug-likeness (QED) is 0.315. The number of aryl methyl sites for hydroxylation is 1. The minimum Gasteiger partial charge on any atom is -0.481 e. The molecule has 0 atom stereocenters. The molecular formula is C22H37N2O3+. The molecule has 0 spiro atoms. The number of hydrogen-bond donors (Lipinski definition) is 2. The van der Waals surface area contributed by atoms with Gasteiger partial charge in [0.05, 0.1) is 0 Å². The molecule has 27 heavy (non-hydrogen) atoms. The monoisotopic (exact) mass is 377 g/mol. The number of carbonyl (C=O) groups excluding carboxylic acids is 1. The van der Waals surface area contributed by atoms with Gasteiger partial charge >= 0.3 is 5.97 Å². The highest BCUT2D eigenvalue weighted by Gasteiger charge is 2.02. The van der Waals surface area contributed by atoms with Gasteiger partial charge in [-0.3, -0.25) is 9.59 Å². The van der Waals surface area contributed by atoms with Crippen LogP contribution in [0.1, 0.15) is 83.5 Å². The van der Waals surface area contributed by atoms with E-state index in [1.807, 2.05) is 18.2 Å². The number of nitrogens with one attached hydrogen (secondary N) is 1. The molecule has 1 aromatic rings. The number of rotatable bonds is 17. The van der Waals surface area contributed by atoms with Crippen LogP contribution in [0.25, 0.3) is 0 Å². The lowest BCUT2D eigenvalue weighted by molar-refractivity contribution is -0.697. The SMILES string of the molecule is O=C(O)CCCCCCCCCCNC(=O)CCCCC[n+]1ccccc1. The summed E-state index contributed by atoms with van der Waals surface area (Å²) in [5, 5.41) is 11.6. The third-order valence-electron chi connectivity index (χ3n) is 4.74. The molecule has 0 saturated heterocycles. The van der Waals surface area contributed by atoms with Crippen LogP contribution in [-0.4, -0.2) is 23.5 Å². The van der Waals surface area contributed by atoms with Gasteiger partial charge in [-0.2, -0.15) is 0 Å². The second kappa shape index (κ2) is 16.3. The zero-order valence-corrected chi connectivity index (χ0v) is 16.7. The summed E-state index contributed by atoms with van der Waals surface area (Å²) in [6.45, 7) is 1.80. The summed E-state index contributed by atoms with van der Waals surface area (Å²) in [5.74, 6) is -0.510. The number of aromatic nitrogens is 1. The lowest BCUT2D eigenvalue weighted by Crippen LogP contribution is -2.32. The Kier molecular flexibility index (Phi) is 13.9. The number of carbonyl (C=O) groups is 2. The average molecular weight is 378 g/mol. The van der Waals surface area contributed by atoms with Gasteiger partial charge in [-0.05, 0) is 25.7 Å². The minimum absolute atomic E-state index is 0.181. The molecule has 0 saturated carbocycles. The molecule has 0 aliphatic heterocycles. The fourth-order valence-electron chi connectivity index (χ4n) is 3.12. The molecule has 2 N–H and O–H groups in total. The molecule has 5 heteroatoms. The van der Waals surface area contributed by atoms with Crippen LogP contribution < -0.4 is 9.88 Å². The number of hydrogen-bond acceptors (Lipinski definition) is 2. The predicted octanol–water partition coefficient (Wildman–Crippen LogP) is 4.25. The second-order valence-electron chi connectivity index (χ2n) is 7.25. The maximum absolute atomic E-state index is 11.8. The van der Waals surface area contributed by atoms with E-state index in [1.54, 1.807) is 0 Å². The van der Waals surface area contributed by atoms with Gasteiger partial charge in [-0.25, -0.2) is 4.57 Å². The molecule has 0 aromatic carbocycles. The molecule has 1 aromatic heterocycles. The second-order valence-corrected chi connectivity index (χ2v) is 7.25. The summed E-state index contributed by atoms with van der Waals surface area (Å²) in [5.41, 5.74) is 0. The lowest BCUT2D eigenvalue weighted by Gasteiger charge is -2.05. The Labute approximate surface area is 164 Å². The summed E-state index contributed by atoms with van der Waals surface area (Å²) in [4.78, 5) is 22.2. The third-order valence-corrected chi connectivity index (χ3v) is 4.74. The highest BCUT2D eigenvalue weighted by atomic mass is 16.4. The van der Waals surface area contributed by atoms with Gasteiger partial charge in [0.25, 0.3) is 0 Å². The van der Waals surface area contributed by atoms with Gasteiger partial charge in [0.15, 0.2) is 12.4 Å². The summed E-state index contributed by atoms with van der Waals surface area (Å²) in [7, 11) is 0. The molecule has 152 valence electrons. The van der Waals surface area contributed by atoms with Crippen LogP contribution in [-0.2, 0) is 16.1 Å². The van der Waals surface area contributed by atoms with Crippen LogP contribution in [0.3, 0.4) is 0 Å². The Balaban J connectivity index is 1.80. The van der Waals surface area contributed by atoms with Crippen molar-refractivity contribution in [2.75, 3.05) is 6.54 Å². The first-order valence-electron chi connectivity index (χ1n) is 10.6. The summed E-state index contributed by atoms with van der Waals surface area (Å²) in [6.07, 6.45) is 17.0. The zero-order valence-electron chi connectivity index (χ0n) is 16.7. The number of aliphatic carboxylic acids is 1. The van der Waals surface area contributed by atoms with Crippen molar-refractivity contribution in [3.8, 4) is 0 Å². The number of nitrogens with zero attached hydrogens (tertiary/aromatic N) is 1. The van der Waals surface area contributed by atoms with Gasteiger partial charge in [-0.1, -0.05) is 44.6 Å². The average Bonchev–Trinajstić information content (AvgIpc) is 2.66. The van der Waals surface area contributed by atoms with Crippen molar-refractivity contribution < 1.29 is 19.3 Å². The van der Waals surface area contributed by atoms with Crippen LogP contribution in [0.4, 0.5) is 0 Å². The van der Waals surface area contributed by atoms with Crippen molar-refractivity contribution in [3.05, 3.63) is 30.6 Å². The van der Waals surface area contributed by atoms with E-state index in [-0.39, 0.29) is 5.91 Å². The van der Waals surface area contributed by atoms with Crippen molar-refractivity contribution in [3.63, 3.8) is 0 Å².